The highest BCUT2D eigenvalue weighted by Crippen LogP contribution is 2.26. The van der Waals surface area contributed by atoms with E-state index in [1.807, 2.05) is 6.07 Å². The molecule has 0 fully saturated rings. The van der Waals surface area contributed by atoms with Crippen molar-refractivity contribution in [3.63, 3.8) is 0 Å². The van der Waals surface area contributed by atoms with Crippen molar-refractivity contribution in [2.24, 2.45) is 0 Å². The quantitative estimate of drug-likeness (QED) is 0.703. The lowest BCUT2D eigenvalue weighted by Crippen LogP contribution is -2.42. The number of anilines is 1. The van der Waals surface area contributed by atoms with Gasteiger partial charge in [0.1, 0.15) is 5.82 Å². The normalized spacial score (nSPS) is 15.5. The molecule has 4 heteroatoms. The van der Waals surface area contributed by atoms with Crippen molar-refractivity contribution < 1.29 is 9.47 Å². The molecule has 0 unspecified atom stereocenters. The van der Waals surface area contributed by atoms with Crippen LogP contribution in [0, 0.1) is 0 Å². The van der Waals surface area contributed by atoms with Crippen LogP contribution in [0.4, 0.5) is 5.82 Å². The van der Waals surface area contributed by atoms with E-state index in [-0.39, 0.29) is 6.41 Å². The predicted molar refractivity (Wildman–Crippen MR) is 57.7 cm³/mol. The molecule has 0 bridgehead atoms. The van der Waals surface area contributed by atoms with Gasteiger partial charge in [-0.1, -0.05) is 6.07 Å². The molecule has 1 aromatic rings. The van der Waals surface area contributed by atoms with Crippen LogP contribution in [0.2, 0.25) is 0 Å². The molecule has 1 aromatic heterocycles. The molecule has 0 amide bonds. The maximum Gasteiger partial charge on any atom is 0.241 e. The lowest BCUT2D eigenvalue weighted by atomic mass is 10.1. The van der Waals surface area contributed by atoms with E-state index < -0.39 is 0 Å². The van der Waals surface area contributed by atoms with Gasteiger partial charge in [-0.3, -0.25) is 0 Å². The van der Waals surface area contributed by atoms with E-state index in [1.54, 1.807) is 20.4 Å². The lowest BCUT2D eigenvalue weighted by Gasteiger charge is -2.34. The molecular weight excluding hydrogens is 192 g/mol. The third-order valence-corrected chi connectivity index (χ3v) is 2.64. The summed E-state index contributed by atoms with van der Waals surface area (Å²) in [5.74, 6) is 0.984. The lowest BCUT2D eigenvalue weighted by molar-refractivity contribution is -0.103. The Morgan fingerprint density at radius 1 is 1.40 bits per heavy atom. The Bertz CT molecular complexity index is 326. The minimum atomic E-state index is -0.334. The Hall–Kier alpha value is -1.13. The van der Waals surface area contributed by atoms with Gasteiger partial charge in [0.2, 0.25) is 6.41 Å². The maximum absolute atomic E-state index is 5.26. The largest absolute Gasteiger partial charge is 0.339 e. The number of hydrogen-bond acceptors (Lipinski definition) is 4. The fourth-order valence-electron chi connectivity index (χ4n) is 1.99. The number of hydrogen-bond donors (Lipinski definition) is 0. The minimum Gasteiger partial charge on any atom is -0.339 e. The summed E-state index contributed by atoms with van der Waals surface area (Å²) in [4.78, 5) is 6.44. The molecule has 0 aliphatic carbocycles. The summed E-state index contributed by atoms with van der Waals surface area (Å²) in [5.41, 5.74) is 1.27. The highest BCUT2D eigenvalue weighted by molar-refractivity contribution is 5.48. The fraction of sp³-hybridized carbons (Fsp3) is 0.545. The van der Waals surface area contributed by atoms with Gasteiger partial charge in [-0.05, 0) is 24.5 Å². The number of rotatable bonds is 3. The minimum absolute atomic E-state index is 0.334. The zero-order valence-electron chi connectivity index (χ0n) is 9.14. The van der Waals surface area contributed by atoms with Crippen LogP contribution >= 0.6 is 0 Å². The van der Waals surface area contributed by atoms with Crippen molar-refractivity contribution in [2.75, 3.05) is 25.7 Å². The first-order chi connectivity index (χ1) is 7.36. The Morgan fingerprint density at radius 3 is 2.93 bits per heavy atom. The van der Waals surface area contributed by atoms with Crippen LogP contribution in [0.3, 0.4) is 0 Å². The van der Waals surface area contributed by atoms with E-state index in [0.717, 1.165) is 25.2 Å². The summed E-state index contributed by atoms with van der Waals surface area (Å²) < 4.78 is 10.5. The molecule has 0 N–H and O–H groups in total. The summed E-state index contributed by atoms with van der Waals surface area (Å²) in [6.07, 6.45) is 3.67. The van der Waals surface area contributed by atoms with Crippen molar-refractivity contribution in [3.8, 4) is 0 Å². The molecule has 82 valence electrons. The number of aryl methyl sites for hydroxylation is 1. The molecular formula is C11H16N2O2. The Morgan fingerprint density at radius 2 is 2.20 bits per heavy atom. The molecule has 2 heterocycles. The summed E-state index contributed by atoms with van der Waals surface area (Å²) in [5, 5.41) is 0. The standard InChI is InChI=1S/C11H16N2O2/c1-14-11(15-2)13-8-4-6-9-5-3-7-12-10(9)13/h3,5,7,11H,4,6,8H2,1-2H3. The number of pyridine rings is 1. The molecule has 15 heavy (non-hydrogen) atoms. The maximum atomic E-state index is 5.26. The molecule has 1 aliphatic rings. The van der Waals surface area contributed by atoms with E-state index >= 15 is 0 Å². The van der Waals surface area contributed by atoms with Gasteiger partial charge in [-0.2, -0.15) is 0 Å². The van der Waals surface area contributed by atoms with Crippen LogP contribution in [-0.4, -0.2) is 32.2 Å². The number of fused-ring (bicyclic) bond motifs is 1. The van der Waals surface area contributed by atoms with Crippen LogP contribution < -0.4 is 4.90 Å². The van der Waals surface area contributed by atoms with Gasteiger partial charge in [0.05, 0.1) is 0 Å². The van der Waals surface area contributed by atoms with Gasteiger partial charge in [-0.15, -0.1) is 0 Å². The third kappa shape index (κ3) is 1.96. The van der Waals surface area contributed by atoms with Crippen LogP contribution in [0.25, 0.3) is 0 Å². The smallest absolute Gasteiger partial charge is 0.241 e. The summed E-state index contributed by atoms with van der Waals surface area (Å²) in [7, 11) is 3.29. The van der Waals surface area contributed by atoms with E-state index in [2.05, 4.69) is 16.0 Å². The van der Waals surface area contributed by atoms with Crippen molar-refractivity contribution in [3.05, 3.63) is 23.9 Å². The predicted octanol–water partition coefficient (Wildman–Crippen LogP) is 1.41. The number of aromatic nitrogens is 1. The third-order valence-electron chi connectivity index (χ3n) is 2.64. The first kappa shape index (κ1) is 10.4. The number of methoxy groups -OCH3 is 2. The molecule has 0 atom stereocenters. The zero-order chi connectivity index (χ0) is 10.7. The van der Waals surface area contributed by atoms with Gasteiger partial charge in [0, 0.05) is 27.0 Å². The Balaban J connectivity index is 2.28. The average molecular weight is 208 g/mol. The SMILES string of the molecule is COC(OC)N1CCCc2cccnc21. The van der Waals surface area contributed by atoms with Gasteiger partial charge in [0.15, 0.2) is 0 Å². The molecule has 1 aliphatic heterocycles. The molecule has 4 nitrogen and oxygen atoms in total. The Labute approximate surface area is 89.8 Å². The average Bonchev–Trinajstić information content (AvgIpc) is 2.31. The summed E-state index contributed by atoms with van der Waals surface area (Å²) >= 11 is 0. The fourth-order valence-corrected chi connectivity index (χ4v) is 1.99. The molecule has 0 spiro atoms. The second-order valence-corrected chi connectivity index (χ2v) is 3.56. The van der Waals surface area contributed by atoms with E-state index in [0.29, 0.717) is 0 Å². The molecule has 0 radical (unpaired) electrons. The van der Waals surface area contributed by atoms with Crippen LogP contribution in [-0.2, 0) is 15.9 Å². The first-order valence-electron chi connectivity index (χ1n) is 5.13. The van der Waals surface area contributed by atoms with Gasteiger partial charge in [0.25, 0.3) is 0 Å². The second kappa shape index (κ2) is 4.59. The van der Waals surface area contributed by atoms with Gasteiger partial charge < -0.3 is 14.4 Å². The zero-order valence-corrected chi connectivity index (χ0v) is 9.14. The topological polar surface area (TPSA) is 34.6 Å². The molecule has 0 saturated carbocycles. The first-order valence-corrected chi connectivity index (χ1v) is 5.13. The monoisotopic (exact) mass is 208 g/mol. The van der Waals surface area contributed by atoms with Gasteiger partial charge in [-0.25, -0.2) is 4.98 Å². The summed E-state index contributed by atoms with van der Waals surface area (Å²) in [6.45, 7) is 0.927. The number of ether oxygens (including phenoxy) is 2. The van der Waals surface area contributed by atoms with Crippen LogP contribution in [0.5, 0.6) is 0 Å². The summed E-state index contributed by atoms with van der Waals surface area (Å²) in [6, 6.07) is 4.08. The van der Waals surface area contributed by atoms with E-state index in [4.69, 9.17) is 9.47 Å². The number of nitrogens with zero attached hydrogens (tertiary/aromatic N) is 2. The van der Waals surface area contributed by atoms with Crippen LogP contribution in [0.1, 0.15) is 12.0 Å². The molecule has 0 saturated heterocycles. The van der Waals surface area contributed by atoms with Crippen LogP contribution in [0.15, 0.2) is 18.3 Å². The van der Waals surface area contributed by atoms with Gasteiger partial charge >= 0.3 is 0 Å². The van der Waals surface area contributed by atoms with Crippen molar-refractivity contribution in [2.45, 2.75) is 19.3 Å². The van der Waals surface area contributed by atoms with Crippen molar-refractivity contribution in [1.29, 1.82) is 0 Å². The van der Waals surface area contributed by atoms with E-state index in [1.165, 1.54) is 5.56 Å². The highest BCUT2D eigenvalue weighted by Gasteiger charge is 2.24. The van der Waals surface area contributed by atoms with Crippen molar-refractivity contribution >= 4 is 5.82 Å². The second-order valence-electron chi connectivity index (χ2n) is 3.56. The molecule has 2 rings (SSSR count). The van der Waals surface area contributed by atoms with Crippen molar-refractivity contribution in [1.82, 2.24) is 4.98 Å². The van der Waals surface area contributed by atoms with E-state index in [9.17, 15) is 0 Å². The highest BCUT2D eigenvalue weighted by atomic mass is 16.7. The Kier molecular flexibility index (Phi) is 3.18. The molecule has 0 aromatic carbocycles.